The van der Waals surface area contributed by atoms with Gasteiger partial charge in [-0.15, -0.1) is 0 Å². The van der Waals surface area contributed by atoms with Gasteiger partial charge in [0, 0.05) is 11.5 Å². The Labute approximate surface area is 99.8 Å². The maximum atomic E-state index is 6.07. The van der Waals surface area contributed by atoms with Crippen LogP contribution in [-0.2, 0) is 5.41 Å². The molecule has 2 aliphatic rings. The smallest absolute Gasteiger partial charge is 0.0595 e. The predicted molar refractivity (Wildman–Crippen MR) is 63.7 cm³/mol. The lowest BCUT2D eigenvalue weighted by molar-refractivity contribution is 0.520. The molecule has 1 aromatic carbocycles. The van der Waals surface area contributed by atoms with Crippen LogP contribution in [-0.4, -0.2) is 12.6 Å². The second-order valence-electron chi connectivity index (χ2n) is 4.70. The van der Waals surface area contributed by atoms with E-state index in [2.05, 4.69) is 18.3 Å². The normalized spacial score (nSPS) is 37.8. The van der Waals surface area contributed by atoms with E-state index in [4.69, 9.17) is 23.2 Å². The first-order chi connectivity index (χ1) is 7.14. The Bertz CT molecular complexity index is 418. The van der Waals surface area contributed by atoms with Crippen LogP contribution in [0.3, 0.4) is 0 Å². The summed E-state index contributed by atoms with van der Waals surface area (Å²) in [5.74, 6) is 0.796. The molecule has 2 unspecified atom stereocenters. The molecule has 1 saturated carbocycles. The Morgan fingerprint density at radius 1 is 1.33 bits per heavy atom. The maximum absolute atomic E-state index is 6.07. The molecule has 0 amide bonds. The van der Waals surface area contributed by atoms with E-state index in [1.54, 1.807) is 0 Å². The largest absolute Gasteiger partial charge is 0.313 e. The molecule has 0 radical (unpaired) electrons. The minimum atomic E-state index is 0.341. The predicted octanol–water partition coefficient (Wildman–Crippen LogP) is 3.24. The van der Waals surface area contributed by atoms with E-state index < -0.39 is 0 Å². The van der Waals surface area contributed by atoms with E-state index in [0.29, 0.717) is 21.5 Å². The number of hydrogen-bond acceptors (Lipinski definition) is 1. The van der Waals surface area contributed by atoms with Crippen LogP contribution in [0.5, 0.6) is 0 Å². The average Bonchev–Trinajstić information content (AvgIpc) is 2.87. The fraction of sp³-hybridized carbons (Fsp3) is 0.500. The van der Waals surface area contributed by atoms with Crippen molar-refractivity contribution < 1.29 is 0 Å². The number of halogens is 2. The van der Waals surface area contributed by atoms with E-state index in [1.807, 2.05) is 12.1 Å². The molecule has 1 saturated heterocycles. The highest BCUT2D eigenvalue weighted by atomic mass is 35.5. The van der Waals surface area contributed by atoms with Crippen molar-refractivity contribution in [3.63, 3.8) is 0 Å². The van der Waals surface area contributed by atoms with Crippen LogP contribution in [0.2, 0.25) is 10.0 Å². The summed E-state index contributed by atoms with van der Waals surface area (Å²) in [6, 6.07) is 6.62. The molecule has 1 aromatic rings. The molecule has 0 aromatic heterocycles. The minimum Gasteiger partial charge on any atom is -0.313 e. The second kappa shape index (κ2) is 3.13. The summed E-state index contributed by atoms with van der Waals surface area (Å²) >= 11 is 12.0. The van der Waals surface area contributed by atoms with Crippen LogP contribution < -0.4 is 5.32 Å². The average molecular weight is 242 g/mol. The Kier molecular flexibility index (Phi) is 2.08. The van der Waals surface area contributed by atoms with Crippen LogP contribution in [0.4, 0.5) is 0 Å². The maximum Gasteiger partial charge on any atom is 0.0595 e. The monoisotopic (exact) mass is 241 g/mol. The van der Waals surface area contributed by atoms with Crippen LogP contribution in [0.25, 0.3) is 0 Å². The molecular weight excluding hydrogens is 229 g/mol. The Morgan fingerprint density at radius 3 is 2.67 bits per heavy atom. The molecule has 3 rings (SSSR count). The van der Waals surface area contributed by atoms with Crippen LogP contribution in [0.15, 0.2) is 18.2 Å². The van der Waals surface area contributed by atoms with Gasteiger partial charge in [0.05, 0.1) is 10.0 Å². The van der Waals surface area contributed by atoms with Crippen molar-refractivity contribution in [2.45, 2.75) is 24.8 Å². The SMILES string of the molecule is CC1NCC2C[C@@]21c1ccc(Cl)c(Cl)c1. The fourth-order valence-electron chi connectivity index (χ4n) is 3.02. The first kappa shape index (κ1) is 9.95. The molecule has 0 bridgehead atoms. The van der Waals surface area contributed by atoms with Gasteiger partial charge in [0.1, 0.15) is 0 Å². The Balaban J connectivity index is 2.03. The van der Waals surface area contributed by atoms with Crippen LogP contribution in [0, 0.1) is 5.92 Å². The number of benzene rings is 1. The quantitative estimate of drug-likeness (QED) is 0.797. The van der Waals surface area contributed by atoms with Gasteiger partial charge in [-0.3, -0.25) is 0 Å². The third-order valence-electron chi connectivity index (χ3n) is 4.05. The molecule has 80 valence electrons. The summed E-state index contributed by atoms with van der Waals surface area (Å²) in [7, 11) is 0. The summed E-state index contributed by atoms with van der Waals surface area (Å²) in [6.07, 6.45) is 1.29. The van der Waals surface area contributed by atoms with Gasteiger partial charge in [-0.1, -0.05) is 29.3 Å². The van der Waals surface area contributed by atoms with Gasteiger partial charge in [-0.05, 0) is 43.5 Å². The lowest BCUT2D eigenvalue weighted by Gasteiger charge is -2.20. The van der Waals surface area contributed by atoms with E-state index in [1.165, 1.54) is 12.0 Å². The topological polar surface area (TPSA) is 12.0 Å². The first-order valence-corrected chi connectivity index (χ1v) is 6.09. The second-order valence-corrected chi connectivity index (χ2v) is 5.51. The van der Waals surface area contributed by atoms with Gasteiger partial charge in [-0.2, -0.15) is 0 Å². The number of rotatable bonds is 1. The molecule has 0 spiro atoms. The van der Waals surface area contributed by atoms with Gasteiger partial charge in [-0.25, -0.2) is 0 Å². The fourth-order valence-corrected chi connectivity index (χ4v) is 3.32. The van der Waals surface area contributed by atoms with Crippen LogP contribution in [0.1, 0.15) is 18.9 Å². The molecule has 1 nitrogen and oxygen atoms in total. The zero-order valence-corrected chi connectivity index (χ0v) is 10.1. The molecule has 1 N–H and O–H groups in total. The molecule has 1 heterocycles. The highest BCUT2D eigenvalue weighted by Gasteiger charge is 2.62. The van der Waals surface area contributed by atoms with Gasteiger partial charge in [0.2, 0.25) is 0 Å². The minimum absolute atomic E-state index is 0.341. The van der Waals surface area contributed by atoms with Crippen molar-refractivity contribution in [3.8, 4) is 0 Å². The summed E-state index contributed by atoms with van der Waals surface area (Å²) in [5, 5.41) is 4.84. The third kappa shape index (κ3) is 1.27. The summed E-state index contributed by atoms with van der Waals surface area (Å²) in [4.78, 5) is 0. The molecule has 2 fully saturated rings. The van der Waals surface area contributed by atoms with E-state index in [-0.39, 0.29) is 0 Å². The van der Waals surface area contributed by atoms with Gasteiger partial charge < -0.3 is 5.32 Å². The molecule has 1 aliphatic carbocycles. The zero-order chi connectivity index (χ0) is 10.6. The number of nitrogens with one attached hydrogen (secondary N) is 1. The number of hydrogen-bond donors (Lipinski definition) is 1. The van der Waals surface area contributed by atoms with Crippen LogP contribution >= 0.6 is 23.2 Å². The van der Waals surface area contributed by atoms with Gasteiger partial charge >= 0.3 is 0 Å². The Morgan fingerprint density at radius 2 is 2.13 bits per heavy atom. The molecule has 15 heavy (non-hydrogen) atoms. The number of piperidine rings is 1. The van der Waals surface area contributed by atoms with E-state index in [9.17, 15) is 0 Å². The van der Waals surface area contributed by atoms with Crippen molar-refractivity contribution in [1.82, 2.24) is 5.32 Å². The molecular formula is C12H13Cl2N. The lowest BCUT2D eigenvalue weighted by Crippen LogP contribution is -2.31. The van der Waals surface area contributed by atoms with Gasteiger partial charge in [0.25, 0.3) is 0 Å². The first-order valence-electron chi connectivity index (χ1n) is 5.33. The van der Waals surface area contributed by atoms with Crippen molar-refractivity contribution in [1.29, 1.82) is 0 Å². The highest BCUT2D eigenvalue weighted by Crippen LogP contribution is 2.59. The van der Waals surface area contributed by atoms with Crippen molar-refractivity contribution in [2.24, 2.45) is 5.92 Å². The van der Waals surface area contributed by atoms with Crippen molar-refractivity contribution in [3.05, 3.63) is 33.8 Å². The third-order valence-corrected chi connectivity index (χ3v) is 4.79. The summed E-state index contributed by atoms with van der Waals surface area (Å²) in [5.41, 5.74) is 1.69. The summed E-state index contributed by atoms with van der Waals surface area (Å²) < 4.78 is 0. The lowest BCUT2D eigenvalue weighted by atomic mass is 9.89. The van der Waals surface area contributed by atoms with E-state index in [0.717, 1.165) is 12.5 Å². The molecule has 3 heteroatoms. The zero-order valence-electron chi connectivity index (χ0n) is 8.56. The van der Waals surface area contributed by atoms with Crippen molar-refractivity contribution >= 4 is 23.2 Å². The summed E-state index contributed by atoms with van der Waals surface area (Å²) in [6.45, 7) is 3.40. The Hall–Kier alpha value is -0.240. The highest BCUT2D eigenvalue weighted by molar-refractivity contribution is 6.42. The van der Waals surface area contributed by atoms with E-state index >= 15 is 0 Å². The van der Waals surface area contributed by atoms with Gasteiger partial charge in [0.15, 0.2) is 0 Å². The van der Waals surface area contributed by atoms with Crippen molar-refractivity contribution in [2.75, 3.05) is 6.54 Å². The number of fused-ring (bicyclic) bond motifs is 1. The molecule has 3 atom stereocenters. The molecule has 1 aliphatic heterocycles. The standard InChI is InChI=1S/C12H13Cl2N/c1-7-12(5-9(12)6-15-7)8-2-3-10(13)11(14)4-8/h2-4,7,9,15H,5-6H2,1H3/t7?,9?,12-/m1/s1.